The zero-order valence-corrected chi connectivity index (χ0v) is 14.9. The number of ether oxygens (including phenoxy) is 1. The monoisotopic (exact) mass is 349 g/mol. The summed E-state index contributed by atoms with van der Waals surface area (Å²) in [4.78, 5) is 11.6. The minimum Gasteiger partial charge on any atom is -0.462 e. The van der Waals surface area contributed by atoms with Crippen LogP contribution in [0.1, 0.15) is 25.0 Å². The molecule has 0 saturated carbocycles. The lowest BCUT2D eigenvalue weighted by atomic mass is 10.0. The third kappa shape index (κ3) is 3.25. The SMILES string of the molecule is Cc1ccc(-c2cccc3ccccc23)n1CC[C@H]1C[C@H](O)CC(=O)O1. The van der Waals surface area contributed by atoms with E-state index >= 15 is 0 Å². The molecular weight excluding hydrogens is 326 g/mol. The van der Waals surface area contributed by atoms with Gasteiger partial charge in [0.25, 0.3) is 0 Å². The molecular formula is C22H23NO3. The second kappa shape index (κ2) is 6.96. The lowest BCUT2D eigenvalue weighted by Gasteiger charge is -2.26. The summed E-state index contributed by atoms with van der Waals surface area (Å²) in [6.07, 6.45) is 0.546. The van der Waals surface area contributed by atoms with E-state index < -0.39 is 6.10 Å². The molecule has 2 heterocycles. The number of fused-ring (bicyclic) bond motifs is 1. The van der Waals surface area contributed by atoms with Crippen LogP contribution >= 0.6 is 0 Å². The van der Waals surface area contributed by atoms with Crippen LogP contribution in [-0.4, -0.2) is 27.9 Å². The van der Waals surface area contributed by atoms with Gasteiger partial charge in [0.05, 0.1) is 12.5 Å². The van der Waals surface area contributed by atoms with Crippen molar-refractivity contribution in [1.82, 2.24) is 4.57 Å². The van der Waals surface area contributed by atoms with Gasteiger partial charge in [0.1, 0.15) is 6.10 Å². The normalized spacial score (nSPS) is 20.3. The number of aromatic nitrogens is 1. The molecule has 1 aliphatic heterocycles. The quantitative estimate of drug-likeness (QED) is 0.722. The zero-order chi connectivity index (χ0) is 18.1. The molecule has 2 aromatic carbocycles. The summed E-state index contributed by atoms with van der Waals surface area (Å²) in [6, 6.07) is 19.0. The standard InChI is InChI=1S/C22H23NO3/c1-15-9-10-21(20-8-4-6-16-5-2-3-7-19(16)20)23(15)12-11-18-13-17(24)14-22(25)26-18/h2-10,17-18,24H,11-14H2,1H3/t17-,18-/m0/s1. The van der Waals surface area contributed by atoms with Crippen molar-refractivity contribution in [2.24, 2.45) is 0 Å². The Morgan fingerprint density at radius 2 is 1.92 bits per heavy atom. The number of benzene rings is 2. The van der Waals surface area contributed by atoms with Crippen molar-refractivity contribution in [2.45, 2.75) is 44.9 Å². The summed E-state index contributed by atoms with van der Waals surface area (Å²) < 4.78 is 7.67. The van der Waals surface area contributed by atoms with Gasteiger partial charge in [-0.3, -0.25) is 4.79 Å². The van der Waals surface area contributed by atoms with E-state index in [9.17, 15) is 9.90 Å². The van der Waals surface area contributed by atoms with Gasteiger partial charge in [-0.25, -0.2) is 0 Å². The van der Waals surface area contributed by atoms with E-state index in [0.717, 1.165) is 6.54 Å². The fourth-order valence-electron chi connectivity index (χ4n) is 3.86. The Balaban J connectivity index is 1.62. The molecule has 26 heavy (non-hydrogen) atoms. The molecule has 4 nitrogen and oxygen atoms in total. The molecule has 1 aromatic heterocycles. The van der Waals surface area contributed by atoms with E-state index in [4.69, 9.17) is 4.74 Å². The van der Waals surface area contributed by atoms with E-state index in [1.165, 1.54) is 27.7 Å². The van der Waals surface area contributed by atoms with E-state index in [1.807, 2.05) is 0 Å². The predicted molar refractivity (Wildman–Crippen MR) is 102 cm³/mol. The van der Waals surface area contributed by atoms with Crippen molar-refractivity contribution in [3.8, 4) is 11.3 Å². The van der Waals surface area contributed by atoms with Crippen LogP contribution in [0.2, 0.25) is 0 Å². The molecule has 0 radical (unpaired) electrons. The molecule has 0 amide bonds. The number of nitrogens with zero attached hydrogens (tertiary/aromatic N) is 1. The van der Waals surface area contributed by atoms with E-state index in [0.29, 0.717) is 12.8 Å². The van der Waals surface area contributed by atoms with Gasteiger partial charge < -0.3 is 14.4 Å². The fraction of sp³-hybridized carbons (Fsp3) is 0.318. The second-order valence-electron chi connectivity index (χ2n) is 7.03. The van der Waals surface area contributed by atoms with Gasteiger partial charge in [0, 0.05) is 36.3 Å². The summed E-state index contributed by atoms with van der Waals surface area (Å²) >= 11 is 0. The van der Waals surface area contributed by atoms with Crippen LogP contribution in [0.25, 0.3) is 22.0 Å². The molecule has 0 aliphatic carbocycles. The lowest BCUT2D eigenvalue weighted by Crippen LogP contribution is -2.33. The number of aliphatic hydroxyl groups excluding tert-OH is 1. The predicted octanol–water partition coefficient (Wildman–Crippen LogP) is 4.07. The maximum Gasteiger partial charge on any atom is 0.308 e. The van der Waals surface area contributed by atoms with Crippen LogP contribution < -0.4 is 0 Å². The summed E-state index contributed by atoms with van der Waals surface area (Å²) in [5, 5.41) is 12.3. The molecule has 3 aromatic rings. The van der Waals surface area contributed by atoms with E-state index in [1.54, 1.807) is 0 Å². The van der Waals surface area contributed by atoms with Crippen molar-refractivity contribution in [3.05, 3.63) is 60.3 Å². The number of aryl methyl sites for hydroxylation is 1. The first-order chi connectivity index (χ1) is 12.6. The van der Waals surface area contributed by atoms with Crippen LogP contribution in [0.3, 0.4) is 0 Å². The van der Waals surface area contributed by atoms with Gasteiger partial charge in [-0.2, -0.15) is 0 Å². The van der Waals surface area contributed by atoms with Gasteiger partial charge in [-0.05, 0) is 29.8 Å². The molecule has 0 unspecified atom stereocenters. The zero-order valence-electron chi connectivity index (χ0n) is 14.9. The third-order valence-corrected chi connectivity index (χ3v) is 5.17. The lowest BCUT2D eigenvalue weighted by molar-refractivity contribution is -0.160. The Kier molecular flexibility index (Phi) is 4.51. The van der Waals surface area contributed by atoms with Crippen LogP contribution in [-0.2, 0) is 16.1 Å². The maximum atomic E-state index is 11.6. The van der Waals surface area contributed by atoms with Crippen LogP contribution in [0.15, 0.2) is 54.6 Å². The smallest absolute Gasteiger partial charge is 0.308 e. The summed E-state index contributed by atoms with van der Waals surface area (Å²) in [5.41, 5.74) is 3.55. The molecule has 0 spiro atoms. The molecule has 134 valence electrons. The van der Waals surface area contributed by atoms with Gasteiger partial charge in [-0.15, -0.1) is 0 Å². The number of hydrogen-bond acceptors (Lipinski definition) is 3. The highest BCUT2D eigenvalue weighted by atomic mass is 16.5. The Labute approximate surface area is 153 Å². The van der Waals surface area contributed by atoms with Gasteiger partial charge in [0.15, 0.2) is 0 Å². The summed E-state index contributed by atoms with van der Waals surface area (Å²) in [5.74, 6) is -0.299. The minimum absolute atomic E-state index is 0.111. The highest BCUT2D eigenvalue weighted by molar-refractivity contribution is 5.96. The molecule has 4 heteroatoms. The highest BCUT2D eigenvalue weighted by Gasteiger charge is 2.27. The van der Waals surface area contributed by atoms with E-state index in [-0.39, 0.29) is 18.5 Å². The molecule has 1 fully saturated rings. The second-order valence-corrected chi connectivity index (χ2v) is 7.03. The summed E-state index contributed by atoms with van der Waals surface area (Å²) in [7, 11) is 0. The molecule has 1 aliphatic rings. The molecule has 4 rings (SSSR count). The first-order valence-corrected chi connectivity index (χ1v) is 9.13. The number of aliphatic hydroxyl groups is 1. The van der Waals surface area contributed by atoms with Crippen molar-refractivity contribution >= 4 is 16.7 Å². The van der Waals surface area contributed by atoms with Crippen molar-refractivity contribution in [3.63, 3.8) is 0 Å². The molecule has 0 bridgehead atoms. The van der Waals surface area contributed by atoms with Crippen LogP contribution in [0, 0.1) is 6.92 Å². The summed E-state index contributed by atoms with van der Waals surface area (Å²) in [6.45, 7) is 2.85. The van der Waals surface area contributed by atoms with Crippen LogP contribution in [0.5, 0.6) is 0 Å². The first-order valence-electron chi connectivity index (χ1n) is 9.13. The highest BCUT2D eigenvalue weighted by Crippen LogP contribution is 2.31. The van der Waals surface area contributed by atoms with Gasteiger partial charge >= 0.3 is 5.97 Å². The average Bonchev–Trinajstić information content (AvgIpc) is 2.99. The van der Waals surface area contributed by atoms with E-state index in [2.05, 4.69) is 66.1 Å². The number of carbonyl (C=O) groups excluding carboxylic acids is 1. The first kappa shape index (κ1) is 16.9. The largest absolute Gasteiger partial charge is 0.462 e. The Morgan fingerprint density at radius 1 is 1.12 bits per heavy atom. The van der Waals surface area contributed by atoms with Crippen molar-refractivity contribution in [2.75, 3.05) is 0 Å². The number of carbonyl (C=O) groups is 1. The Hall–Kier alpha value is -2.59. The molecule has 2 atom stereocenters. The van der Waals surface area contributed by atoms with Crippen molar-refractivity contribution < 1.29 is 14.6 Å². The maximum absolute atomic E-state index is 11.6. The topological polar surface area (TPSA) is 51.5 Å². The number of cyclic esters (lactones) is 1. The fourth-order valence-corrected chi connectivity index (χ4v) is 3.86. The number of rotatable bonds is 4. The Morgan fingerprint density at radius 3 is 2.77 bits per heavy atom. The van der Waals surface area contributed by atoms with Gasteiger partial charge in [0.2, 0.25) is 0 Å². The van der Waals surface area contributed by atoms with Crippen LogP contribution in [0.4, 0.5) is 0 Å². The number of esters is 1. The van der Waals surface area contributed by atoms with Gasteiger partial charge in [-0.1, -0.05) is 42.5 Å². The average molecular weight is 349 g/mol. The Bertz CT molecular complexity index is 938. The van der Waals surface area contributed by atoms with Crippen molar-refractivity contribution in [1.29, 1.82) is 0 Å². The molecule has 1 N–H and O–H groups in total. The molecule has 1 saturated heterocycles. The third-order valence-electron chi connectivity index (χ3n) is 5.17. The number of hydrogen-bond donors (Lipinski definition) is 1. The minimum atomic E-state index is -0.579.